The Balaban J connectivity index is 2.35. The normalized spacial score (nSPS) is 11.6. The van der Waals surface area contributed by atoms with Crippen LogP contribution in [0.3, 0.4) is 0 Å². The molecule has 0 aliphatic heterocycles. The van der Waals surface area contributed by atoms with Gasteiger partial charge in [0, 0.05) is 24.3 Å². The second kappa shape index (κ2) is 6.44. The van der Waals surface area contributed by atoms with Gasteiger partial charge in [-0.15, -0.1) is 0 Å². The van der Waals surface area contributed by atoms with Crippen LogP contribution in [-0.4, -0.2) is 0 Å². The molecule has 0 radical (unpaired) electrons. The van der Waals surface area contributed by atoms with Gasteiger partial charge in [0.2, 0.25) is 11.4 Å². The van der Waals surface area contributed by atoms with E-state index in [-0.39, 0.29) is 5.41 Å². The van der Waals surface area contributed by atoms with Gasteiger partial charge in [0.05, 0.1) is 11.1 Å². The highest BCUT2D eigenvalue weighted by molar-refractivity contribution is 5.74. The molecule has 0 aliphatic carbocycles. The lowest BCUT2D eigenvalue weighted by molar-refractivity contribution is -0.660. The summed E-state index contributed by atoms with van der Waals surface area (Å²) in [5.41, 5.74) is 7.85. The second-order valence-electron chi connectivity index (χ2n) is 7.84. The number of benzene rings is 1. The van der Waals surface area contributed by atoms with Crippen molar-refractivity contribution in [2.45, 2.75) is 33.1 Å². The van der Waals surface area contributed by atoms with Gasteiger partial charge in [-0.1, -0.05) is 20.8 Å². The molecule has 0 saturated heterocycles. The third kappa shape index (κ3) is 3.34. The van der Waals surface area contributed by atoms with E-state index in [1.807, 2.05) is 0 Å². The molecule has 2 nitrogen and oxygen atoms in total. The SMILES string of the molecule is Cc1c(-c2cccc[n+]2C)cc(C(C)(C)C)cc1-c1cccc[n+]1C. The van der Waals surface area contributed by atoms with Crippen molar-refractivity contribution in [2.24, 2.45) is 14.1 Å². The fraction of sp³-hybridized carbons (Fsp3) is 0.304. The van der Waals surface area contributed by atoms with Crippen LogP contribution in [0.15, 0.2) is 60.9 Å². The average molecular weight is 332 g/mol. The Morgan fingerprint density at radius 3 is 1.52 bits per heavy atom. The maximum Gasteiger partial charge on any atom is 0.212 e. The zero-order valence-corrected chi connectivity index (χ0v) is 16.2. The predicted molar refractivity (Wildman–Crippen MR) is 103 cm³/mol. The molecule has 0 N–H and O–H groups in total. The van der Waals surface area contributed by atoms with Crippen LogP contribution in [-0.2, 0) is 19.5 Å². The standard InChI is InChI=1S/C23H28N2/c1-17-19(21-11-7-9-13-24(21)5)15-18(23(2,3)4)16-20(17)22-12-8-10-14-25(22)6/h7-16H,1-6H3/q+2. The van der Waals surface area contributed by atoms with Gasteiger partial charge in [-0.05, 0) is 47.7 Å². The summed E-state index contributed by atoms with van der Waals surface area (Å²) < 4.78 is 4.40. The Morgan fingerprint density at radius 1 is 0.720 bits per heavy atom. The van der Waals surface area contributed by atoms with E-state index < -0.39 is 0 Å². The first-order chi connectivity index (χ1) is 11.8. The zero-order chi connectivity index (χ0) is 18.2. The van der Waals surface area contributed by atoms with Crippen molar-refractivity contribution in [1.29, 1.82) is 0 Å². The molecule has 0 atom stereocenters. The Hall–Kier alpha value is -2.48. The predicted octanol–water partition coefficient (Wildman–Crippen LogP) is 4.28. The fourth-order valence-electron chi connectivity index (χ4n) is 3.29. The smallest absolute Gasteiger partial charge is 0.201 e. The molecular weight excluding hydrogens is 304 g/mol. The van der Waals surface area contributed by atoms with Crippen molar-refractivity contribution >= 4 is 0 Å². The summed E-state index contributed by atoms with van der Waals surface area (Å²) in [4.78, 5) is 0. The molecule has 1 aromatic carbocycles. The molecule has 2 aromatic heterocycles. The summed E-state index contributed by atoms with van der Waals surface area (Å²) in [5, 5.41) is 0. The van der Waals surface area contributed by atoms with E-state index >= 15 is 0 Å². The summed E-state index contributed by atoms with van der Waals surface area (Å²) in [5.74, 6) is 0. The van der Waals surface area contributed by atoms with Gasteiger partial charge in [-0.25, -0.2) is 9.13 Å². The molecule has 0 saturated carbocycles. The lowest BCUT2D eigenvalue weighted by atomic mass is 9.82. The van der Waals surface area contributed by atoms with Gasteiger partial charge in [-0.3, -0.25) is 0 Å². The minimum atomic E-state index is 0.0951. The number of aryl methyl sites for hydroxylation is 2. The van der Waals surface area contributed by atoms with Crippen molar-refractivity contribution in [1.82, 2.24) is 0 Å². The maximum absolute atomic E-state index is 2.36. The number of aromatic nitrogens is 2. The van der Waals surface area contributed by atoms with Gasteiger partial charge in [0.1, 0.15) is 14.1 Å². The van der Waals surface area contributed by atoms with Crippen molar-refractivity contribution in [3.8, 4) is 22.5 Å². The van der Waals surface area contributed by atoms with Crippen LogP contribution in [0, 0.1) is 6.92 Å². The summed E-state index contributed by atoms with van der Waals surface area (Å²) >= 11 is 0. The number of nitrogens with zero attached hydrogens (tertiary/aromatic N) is 2. The first kappa shape index (κ1) is 17.3. The molecular formula is C23H28N2+2. The van der Waals surface area contributed by atoms with E-state index in [0.717, 1.165) is 0 Å². The number of pyridine rings is 2. The summed E-state index contributed by atoms with van der Waals surface area (Å²) in [6.45, 7) is 9.07. The highest BCUT2D eigenvalue weighted by Gasteiger charge is 2.24. The Kier molecular flexibility index (Phi) is 4.47. The Morgan fingerprint density at radius 2 is 1.16 bits per heavy atom. The van der Waals surface area contributed by atoms with E-state index in [4.69, 9.17) is 0 Å². The van der Waals surface area contributed by atoms with E-state index in [1.54, 1.807) is 0 Å². The molecule has 0 bridgehead atoms. The Labute approximate surface area is 151 Å². The largest absolute Gasteiger partial charge is 0.212 e. The Bertz CT molecular complexity index is 851. The van der Waals surface area contributed by atoms with Crippen molar-refractivity contribution in [3.05, 3.63) is 72.1 Å². The van der Waals surface area contributed by atoms with Crippen molar-refractivity contribution in [2.75, 3.05) is 0 Å². The summed E-state index contributed by atoms with van der Waals surface area (Å²) in [7, 11) is 4.22. The van der Waals surface area contributed by atoms with Gasteiger partial charge in [0.25, 0.3) is 0 Å². The highest BCUT2D eigenvalue weighted by atomic mass is 14.9. The average Bonchev–Trinajstić information content (AvgIpc) is 2.55. The molecule has 3 aromatic rings. The van der Waals surface area contributed by atoms with Gasteiger partial charge in [0.15, 0.2) is 12.4 Å². The molecule has 2 heteroatoms. The number of hydrogen-bond acceptors (Lipinski definition) is 0. The molecule has 0 fully saturated rings. The topological polar surface area (TPSA) is 7.76 Å². The van der Waals surface area contributed by atoms with Crippen LogP contribution < -0.4 is 9.13 Å². The zero-order valence-electron chi connectivity index (χ0n) is 16.2. The van der Waals surface area contributed by atoms with E-state index in [1.165, 1.54) is 33.6 Å². The van der Waals surface area contributed by atoms with Gasteiger partial charge in [-0.2, -0.15) is 0 Å². The molecule has 25 heavy (non-hydrogen) atoms. The first-order valence-electron chi connectivity index (χ1n) is 8.84. The van der Waals surface area contributed by atoms with E-state index in [9.17, 15) is 0 Å². The molecule has 3 rings (SSSR count). The number of rotatable bonds is 2. The molecule has 0 unspecified atom stereocenters. The van der Waals surface area contributed by atoms with Crippen molar-refractivity contribution < 1.29 is 9.13 Å². The highest BCUT2D eigenvalue weighted by Crippen LogP contribution is 2.35. The summed E-state index contributed by atoms with van der Waals surface area (Å²) in [6, 6.07) is 17.5. The van der Waals surface area contributed by atoms with Crippen LogP contribution in [0.2, 0.25) is 0 Å². The van der Waals surface area contributed by atoms with Crippen LogP contribution in [0.1, 0.15) is 31.9 Å². The molecule has 0 amide bonds. The minimum absolute atomic E-state index is 0.0951. The third-order valence-corrected chi connectivity index (χ3v) is 4.94. The lowest BCUT2D eigenvalue weighted by Gasteiger charge is -2.22. The summed E-state index contributed by atoms with van der Waals surface area (Å²) in [6.07, 6.45) is 4.22. The van der Waals surface area contributed by atoms with Gasteiger partial charge < -0.3 is 0 Å². The molecule has 128 valence electrons. The lowest BCUT2D eigenvalue weighted by Crippen LogP contribution is -2.31. The molecule has 0 aliphatic rings. The van der Waals surface area contributed by atoms with Crippen LogP contribution in [0.25, 0.3) is 22.5 Å². The van der Waals surface area contributed by atoms with E-state index in [0.29, 0.717) is 0 Å². The first-order valence-corrected chi connectivity index (χ1v) is 8.84. The monoisotopic (exact) mass is 332 g/mol. The van der Waals surface area contributed by atoms with E-state index in [2.05, 4.69) is 112 Å². The quantitative estimate of drug-likeness (QED) is 0.619. The minimum Gasteiger partial charge on any atom is -0.201 e. The number of hydrogen-bond donors (Lipinski definition) is 0. The second-order valence-corrected chi connectivity index (χ2v) is 7.84. The third-order valence-electron chi connectivity index (χ3n) is 4.94. The molecule has 0 spiro atoms. The van der Waals surface area contributed by atoms with Crippen molar-refractivity contribution in [3.63, 3.8) is 0 Å². The maximum atomic E-state index is 2.36. The van der Waals surface area contributed by atoms with Crippen LogP contribution in [0.5, 0.6) is 0 Å². The van der Waals surface area contributed by atoms with Crippen LogP contribution >= 0.6 is 0 Å². The van der Waals surface area contributed by atoms with Gasteiger partial charge >= 0.3 is 0 Å². The van der Waals surface area contributed by atoms with Crippen LogP contribution in [0.4, 0.5) is 0 Å². The molecule has 2 heterocycles. The fourth-order valence-corrected chi connectivity index (χ4v) is 3.29.